The van der Waals surface area contributed by atoms with Gasteiger partial charge in [0.15, 0.2) is 5.58 Å². The summed E-state index contributed by atoms with van der Waals surface area (Å²) in [6, 6.07) is 7.75. The topological polar surface area (TPSA) is 67.4 Å². The second-order valence-corrected chi connectivity index (χ2v) is 7.02. The van der Waals surface area contributed by atoms with Crippen molar-refractivity contribution in [3.8, 4) is 0 Å². The van der Waals surface area contributed by atoms with E-state index in [0.717, 1.165) is 43.6 Å². The number of anilines is 1. The Morgan fingerprint density at radius 1 is 1.23 bits per heavy atom. The zero-order chi connectivity index (χ0) is 18.1. The second-order valence-electron chi connectivity index (χ2n) is 7.02. The Morgan fingerprint density at radius 3 is 2.77 bits per heavy atom. The van der Waals surface area contributed by atoms with Crippen LogP contribution in [0.1, 0.15) is 24.4 Å². The lowest BCUT2D eigenvalue weighted by molar-refractivity contribution is 0.167. The van der Waals surface area contributed by atoms with Gasteiger partial charge in [-0.2, -0.15) is 0 Å². The Bertz CT molecular complexity index is 944. The molecule has 1 aliphatic rings. The summed E-state index contributed by atoms with van der Waals surface area (Å²) in [5.74, 6) is 0.443. The molecule has 3 aromatic rings. The van der Waals surface area contributed by atoms with Crippen molar-refractivity contribution in [2.24, 2.45) is 0 Å². The minimum Gasteiger partial charge on any atom is -0.408 e. The van der Waals surface area contributed by atoms with Crippen LogP contribution in [-0.2, 0) is 6.54 Å². The molecule has 4 rings (SSSR count). The van der Waals surface area contributed by atoms with Crippen LogP contribution in [0.5, 0.6) is 0 Å². The average Bonchev–Trinajstić information content (AvgIpc) is 2.98. The monoisotopic (exact) mass is 353 g/mol. The molecule has 0 amide bonds. The van der Waals surface area contributed by atoms with E-state index in [1.54, 1.807) is 0 Å². The fourth-order valence-corrected chi connectivity index (χ4v) is 3.63. The van der Waals surface area contributed by atoms with Gasteiger partial charge in [0.25, 0.3) is 0 Å². The molecule has 0 aliphatic carbocycles. The number of benzene rings is 1. The first-order valence-electron chi connectivity index (χ1n) is 8.92. The lowest BCUT2D eigenvalue weighted by Gasteiger charge is -2.32. The summed E-state index contributed by atoms with van der Waals surface area (Å²) in [6.45, 7) is 2.62. The second kappa shape index (κ2) is 6.92. The molecule has 1 fully saturated rings. The fraction of sp³-hybridized carbons (Fsp3) is 0.421. The van der Waals surface area contributed by atoms with E-state index in [1.807, 2.05) is 60.2 Å². The highest BCUT2D eigenvalue weighted by Crippen LogP contribution is 2.25. The highest BCUT2D eigenvalue weighted by molar-refractivity contribution is 5.72. The number of hydrogen-bond donors (Lipinski definition) is 0. The lowest BCUT2D eigenvalue weighted by atomic mass is 10.0. The number of rotatable bonds is 4. The van der Waals surface area contributed by atoms with Crippen LogP contribution < -0.4 is 10.7 Å². The van der Waals surface area contributed by atoms with Crippen LogP contribution in [0.15, 0.2) is 45.9 Å². The maximum Gasteiger partial charge on any atom is 0.420 e. The molecule has 0 radical (unpaired) electrons. The Morgan fingerprint density at radius 2 is 2.00 bits per heavy atom. The van der Waals surface area contributed by atoms with Gasteiger partial charge in [-0.3, -0.25) is 9.47 Å². The third-order valence-electron chi connectivity index (χ3n) is 4.86. The van der Waals surface area contributed by atoms with Gasteiger partial charge in [-0.05, 0) is 31.5 Å². The molecule has 0 saturated carbocycles. The number of likely N-dealkylation sites (tertiary alicyclic amines) is 1. The molecule has 0 bridgehead atoms. The molecule has 0 N–H and O–H groups in total. The SMILES string of the molecule is CN(C)c1ncc(CN2CCC[C@@H](n3c(=O)oc4ccccc43)C2)cn1. The van der Waals surface area contributed by atoms with Crippen molar-refractivity contribution in [1.29, 1.82) is 0 Å². The quantitative estimate of drug-likeness (QED) is 0.717. The van der Waals surface area contributed by atoms with E-state index in [0.29, 0.717) is 11.5 Å². The Labute approximate surface area is 151 Å². The molecular weight excluding hydrogens is 330 g/mol. The summed E-state index contributed by atoms with van der Waals surface area (Å²) in [7, 11) is 3.86. The van der Waals surface area contributed by atoms with Crippen molar-refractivity contribution < 1.29 is 4.42 Å². The Kier molecular flexibility index (Phi) is 4.46. The molecule has 136 valence electrons. The van der Waals surface area contributed by atoms with Gasteiger partial charge in [-0.15, -0.1) is 0 Å². The highest BCUT2D eigenvalue weighted by Gasteiger charge is 2.25. The van der Waals surface area contributed by atoms with Crippen LogP contribution in [0, 0.1) is 0 Å². The van der Waals surface area contributed by atoms with Crippen LogP contribution in [-0.4, -0.2) is 46.6 Å². The molecule has 7 nitrogen and oxygen atoms in total. The lowest BCUT2D eigenvalue weighted by Crippen LogP contribution is -2.38. The number of nitrogens with zero attached hydrogens (tertiary/aromatic N) is 5. The number of oxazole rings is 1. The molecule has 26 heavy (non-hydrogen) atoms. The van der Waals surface area contributed by atoms with E-state index < -0.39 is 0 Å². The standard InChI is InChI=1S/C19H23N5O2/c1-22(2)18-20-10-14(11-21-18)12-23-9-5-6-15(13-23)24-16-7-3-4-8-17(16)26-19(24)25/h3-4,7-8,10-11,15H,5-6,9,12-13H2,1-2H3/t15-/m1/s1. The summed E-state index contributed by atoms with van der Waals surface area (Å²) in [4.78, 5) is 25.4. The van der Waals surface area contributed by atoms with E-state index >= 15 is 0 Å². The normalized spacial score (nSPS) is 18.3. The van der Waals surface area contributed by atoms with Crippen molar-refractivity contribution in [3.05, 3.63) is 52.8 Å². The molecule has 2 aromatic heterocycles. The predicted molar refractivity (Wildman–Crippen MR) is 100 cm³/mol. The van der Waals surface area contributed by atoms with E-state index in [-0.39, 0.29) is 11.8 Å². The van der Waals surface area contributed by atoms with Gasteiger partial charge in [-0.1, -0.05) is 12.1 Å². The maximum absolute atomic E-state index is 12.4. The van der Waals surface area contributed by atoms with Gasteiger partial charge in [-0.25, -0.2) is 14.8 Å². The maximum atomic E-state index is 12.4. The largest absolute Gasteiger partial charge is 0.420 e. The van der Waals surface area contributed by atoms with Crippen LogP contribution in [0.2, 0.25) is 0 Å². The summed E-state index contributed by atoms with van der Waals surface area (Å²) < 4.78 is 7.22. The first kappa shape index (κ1) is 16.8. The molecule has 1 atom stereocenters. The minimum atomic E-state index is -0.267. The van der Waals surface area contributed by atoms with Crippen LogP contribution in [0.4, 0.5) is 5.95 Å². The van der Waals surface area contributed by atoms with Gasteiger partial charge >= 0.3 is 5.76 Å². The fourth-order valence-electron chi connectivity index (χ4n) is 3.63. The van der Waals surface area contributed by atoms with Crippen molar-refractivity contribution in [2.45, 2.75) is 25.4 Å². The smallest absolute Gasteiger partial charge is 0.408 e. The third-order valence-corrected chi connectivity index (χ3v) is 4.86. The summed E-state index contributed by atoms with van der Waals surface area (Å²) in [6.07, 6.45) is 5.79. The van der Waals surface area contributed by atoms with Crippen molar-refractivity contribution in [1.82, 2.24) is 19.4 Å². The zero-order valence-corrected chi connectivity index (χ0v) is 15.1. The van der Waals surface area contributed by atoms with Crippen molar-refractivity contribution in [2.75, 3.05) is 32.1 Å². The molecule has 1 aliphatic heterocycles. The molecule has 1 saturated heterocycles. The van der Waals surface area contributed by atoms with Crippen LogP contribution in [0.3, 0.4) is 0 Å². The van der Waals surface area contributed by atoms with Gasteiger partial charge in [0.1, 0.15) is 0 Å². The minimum absolute atomic E-state index is 0.127. The first-order valence-corrected chi connectivity index (χ1v) is 8.92. The van der Waals surface area contributed by atoms with E-state index in [9.17, 15) is 4.79 Å². The molecule has 3 heterocycles. The van der Waals surface area contributed by atoms with E-state index in [4.69, 9.17) is 4.42 Å². The van der Waals surface area contributed by atoms with Gasteiger partial charge in [0.05, 0.1) is 11.6 Å². The number of para-hydroxylation sites is 2. The van der Waals surface area contributed by atoms with Gasteiger partial charge in [0.2, 0.25) is 5.95 Å². The zero-order valence-electron chi connectivity index (χ0n) is 15.1. The van der Waals surface area contributed by atoms with Crippen molar-refractivity contribution >= 4 is 17.0 Å². The van der Waals surface area contributed by atoms with Crippen LogP contribution in [0.25, 0.3) is 11.1 Å². The van der Waals surface area contributed by atoms with E-state index in [2.05, 4.69) is 14.9 Å². The first-order chi connectivity index (χ1) is 12.6. The molecule has 1 aromatic carbocycles. The Balaban J connectivity index is 1.52. The molecular formula is C19H23N5O2. The van der Waals surface area contributed by atoms with Crippen molar-refractivity contribution in [3.63, 3.8) is 0 Å². The predicted octanol–water partition coefficient (Wildman–Crippen LogP) is 2.29. The molecule has 7 heteroatoms. The van der Waals surface area contributed by atoms with Gasteiger partial charge < -0.3 is 9.32 Å². The third kappa shape index (κ3) is 3.22. The van der Waals surface area contributed by atoms with E-state index in [1.165, 1.54) is 0 Å². The number of aromatic nitrogens is 3. The number of piperidine rings is 1. The summed E-state index contributed by atoms with van der Waals surface area (Å²) in [5.41, 5.74) is 2.62. The number of fused-ring (bicyclic) bond motifs is 1. The van der Waals surface area contributed by atoms with Gasteiger partial charge in [0, 0.05) is 45.1 Å². The Hall–Kier alpha value is -2.67. The highest BCUT2D eigenvalue weighted by atomic mass is 16.4. The molecule has 0 unspecified atom stereocenters. The van der Waals surface area contributed by atoms with Crippen LogP contribution >= 0.6 is 0 Å². The average molecular weight is 353 g/mol. The summed E-state index contributed by atoms with van der Waals surface area (Å²) in [5, 5.41) is 0. The number of hydrogen-bond acceptors (Lipinski definition) is 6. The molecule has 0 spiro atoms. The summed E-state index contributed by atoms with van der Waals surface area (Å²) >= 11 is 0.